The van der Waals surface area contributed by atoms with Gasteiger partial charge in [0.05, 0.1) is 4.95 Å². The molecule has 2 unspecified atom stereocenters. The van der Waals surface area contributed by atoms with Crippen molar-refractivity contribution in [2.75, 3.05) is 14.1 Å². The van der Waals surface area contributed by atoms with Crippen molar-refractivity contribution in [3.8, 4) is 0 Å². The average Bonchev–Trinajstić information content (AvgIpc) is 2.27. The van der Waals surface area contributed by atoms with Gasteiger partial charge in [-0.25, -0.2) is 0 Å². The van der Waals surface area contributed by atoms with Gasteiger partial charge in [-0.1, -0.05) is 54.0 Å². The van der Waals surface area contributed by atoms with E-state index in [-0.39, 0.29) is 0 Å². The molecule has 0 N–H and O–H groups in total. The monoisotopic (exact) mass is 269 g/mol. The van der Waals surface area contributed by atoms with E-state index in [0.29, 0.717) is 10.9 Å². The van der Waals surface area contributed by atoms with Crippen LogP contribution in [0.25, 0.3) is 0 Å². The summed E-state index contributed by atoms with van der Waals surface area (Å²) in [5.41, 5.74) is 2.74. The van der Waals surface area contributed by atoms with Gasteiger partial charge in [-0.2, -0.15) is 0 Å². The normalized spacial score (nSPS) is 15.3. The van der Waals surface area contributed by atoms with E-state index < -0.39 is 0 Å². The van der Waals surface area contributed by atoms with Crippen LogP contribution in [-0.4, -0.2) is 19.0 Å². The third-order valence-corrected chi connectivity index (χ3v) is 4.19. The Labute approximate surface area is 102 Å². The first-order chi connectivity index (χ1) is 7.06. The maximum atomic E-state index is 3.65. The van der Waals surface area contributed by atoms with E-state index in [1.165, 1.54) is 17.5 Å². The molecule has 0 amide bonds. The average molecular weight is 270 g/mol. The van der Waals surface area contributed by atoms with Gasteiger partial charge in [0.25, 0.3) is 0 Å². The number of hydrogen-bond donors (Lipinski definition) is 0. The lowest BCUT2D eigenvalue weighted by atomic mass is 9.97. The Bertz CT molecular complexity index is 292. The van der Waals surface area contributed by atoms with E-state index in [4.69, 9.17) is 0 Å². The molecule has 0 aliphatic rings. The first kappa shape index (κ1) is 12.7. The van der Waals surface area contributed by atoms with Crippen LogP contribution in [0.4, 0.5) is 0 Å². The molecule has 1 aromatic carbocycles. The summed E-state index contributed by atoms with van der Waals surface area (Å²) < 4.78 is 0. The highest BCUT2D eigenvalue weighted by atomic mass is 79.9. The van der Waals surface area contributed by atoms with Crippen LogP contribution in [0.5, 0.6) is 0 Å². The van der Waals surface area contributed by atoms with Crippen LogP contribution in [0, 0.1) is 0 Å². The van der Waals surface area contributed by atoms with Crippen LogP contribution >= 0.6 is 15.9 Å². The lowest BCUT2D eigenvalue weighted by molar-refractivity contribution is 0.398. The van der Waals surface area contributed by atoms with Gasteiger partial charge in [0.1, 0.15) is 0 Å². The van der Waals surface area contributed by atoms with Crippen LogP contribution in [0.2, 0.25) is 0 Å². The molecule has 0 aliphatic carbocycles. The highest BCUT2D eigenvalue weighted by Gasteiger charge is 2.10. The van der Waals surface area contributed by atoms with Gasteiger partial charge in [-0.15, -0.1) is 0 Å². The van der Waals surface area contributed by atoms with E-state index >= 15 is 0 Å². The smallest absolute Gasteiger partial charge is 0.0906 e. The quantitative estimate of drug-likeness (QED) is 0.586. The molecule has 0 spiro atoms. The molecule has 1 nitrogen and oxygen atoms in total. The summed E-state index contributed by atoms with van der Waals surface area (Å²) in [5, 5.41) is 0. The first-order valence-corrected chi connectivity index (χ1v) is 6.38. The minimum Gasteiger partial charge on any atom is -0.293 e. The van der Waals surface area contributed by atoms with Crippen molar-refractivity contribution in [2.24, 2.45) is 0 Å². The summed E-state index contributed by atoms with van der Waals surface area (Å²) in [6.45, 7) is 4.50. The zero-order valence-corrected chi connectivity index (χ0v) is 11.6. The molecule has 1 rings (SSSR count). The SMILES string of the molecule is CCC(C)c1ccc(C(Br)N(C)C)cc1. The lowest BCUT2D eigenvalue weighted by Crippen LogP contribution is -2.14. The molecule has 2 heteroatoms. The largest absolute Gasteiger partial charge is 0.293 e. The van der Waals surface area contributed by atoms with Crippen LogP contribution in [0.3, 0.4) is 0 Å². The fourth-order valence-electron chi connectivity index (χ4n) is 1.52. The first-order valence-electron chi connectivity index (χ1n) is 5.46. The lowest BCUT2D eigenvalue weighted by Gasteiger charge is -2.19. The molecule has 0 aromatic heterocycles. The van der Waals surface area contributed by atoms with Crippen molar-refractivity contribution in [3.05, 3.63) is 35.4 Å². The van der Waals surface area contributed by atoms with E-state index in [1.54, 1.807) is 0 Å². The summed E-state index contributed by atoms with van der Waals surface area (Å²) in [6.07, 6.45) is 1.20. The van der Waals surface area contributed by atoms with Gasteiger partial charge in [0.15, 0.2) is 0 Å². The van der Waals surface area contributed by atoms with Crippen LogP contribution < -0.4 is 0 Å². The second-order valence-electron chi connectivity index (χ2n) is 4.28. The molecule has 0 saturated heterocycles. The van der Waals surface area contributed by atoms with Crippen molar-refractivity contribution < 1.29 is 0 Å². The zero-order chi connectivity index (χ0) is 11.4. The van der Waals surface area contributed by atoms with Gasteiger partial charge >= 0.3 is 0 Å². The molecule has 2 atom stereocenters. The van der Waals surface area contributed by atoms with Crippen LogP contribution in [-0.2, 0) is 0 Å². The molecule has 84 valence electrons. The number of alkyl halides is 1. The van der Waals surface area contributed by atoms with Gasteiger partial charge in [0, 0.05) is 0 Å². The number of halogens is 1. The molecule has 0 heterocycles. The number of rotatable bonds is 4. The summed E-state index contributed by atoms with van der Waals surface area (Å²) in [5.74, 6) is 0.659. The van der Waals surface area contributed by atoms with Crippen molar-refractivity contribution in [3.63, 3.8) is 0 Å². The van der Waals surface area contributed by atoms with Crippen molar-refractivity contribution in [2.45, 2.75) is 31.1 Å². The zero-order valence-electron chi connectivity index (χ0n) is 10.00. The second-order valence-corrected chi connectivity index (χ2v) is 5.14. The Kier molecular flexibility index (Phi) is 4.81. The predicted octanol–water partition coefficient (Wildman–Crippen LogP) is 4.16. The molecule has 0 radical (unpaired) electrons. The minimum atomic E-state index is 0.309. The Hall–Kier alpha value is -0.340. The highest BCUT2D eigenvalue weighted by Crippen LogP contribution is 2.26. The fraction of sp³-hybridized carbons (Fsp3) is 0.538. The Morgan fingerprint density at radius 2 is 1.60 bits per heavy atom. The maximum absolute atomic E-state index is 3.65. The summed E-state index contributed by atoms with van der Waals surface area (Å²) >= 11 is 3.65. The van der Waals surface area contributed by atoms with E-state index in [2.05, 4.69) is 73.0 Å². The number of hydrogen-bond acceptors (Lipinski definition) is 1. The molecule has 0 bridgehead atoms. The maximum Gasteiger partial charge on any atom is 0.0906 e. The van der Waals surface area contributed by atoms with Gasteiger partial charge < -0.3 is 0 Å². The molecular formula is C13H20BrN. The Morgan fingerprint density at radius 3 is 2.00 bits per heavy atom. The van der Waals surface area contributed by atoms with E-state index in [9.17, 15) is 0 Å². The third-order valence-electron chi connectivity index (χ3n) is 2.85. The van der Waals surface area contributed by atoms with Gasteiger partial charge in [0.2, 0.25) is 0 Å². The molecule has 0 fully saturated rings. The molecule has 0 saturated carbocycles. The van der Waals surface area contributed by atoms with Crippen molar-refractivity contribution in [1.82, 2.24) is 4.90 Å². The fourth-order valence-corrected chi connectivity index (χ4v) is 1.82. The predicted molar refractivity (Wildman–Crippen MR) is 70.5 cm³/mol. The summed E-state index contributed by atoms with van der Waals surface area (Å²) in [7, 11) is 4.14. The Balaban J connectivity index is 2.80. The molecule has 15 heavy (non-hydrogen) atoms. The van der Waals surface area contributed by atoms with E-state index in [1.807, 2.05) is 0 Å². The van der Waals surface area contributed by atoms with E-state index in [0.717, 1.165) is 0 Å². The second kappa shape index (κ2) is 5.66. The van der Waals surface area contributed by atoms with Crippen molar-refractivity contribution >= 4 is 15.9 Å². The number of benzene rings is 1. The number of nitrogens with zero attached hydrogens (tertiary/aromatic N) is 1. The molecule has 1 aromatic rings. The van der Waals surface area contributed by atoms with Crippen molar-refractivity contribution in [1.29, 1.82) is 0 Å². The van der Waals surface area contributed by atoms with Gasteiger partial charge in [-0.05, 0) is 37.6 Å². The standard InChI is InChI=1S/C13H20BrN/c1-5-10(2)11-6-8-12(9-7-11)13(14)15(3)4/h6-10,13H,5H2,1-4H3. The molecule has 0 aliphatic heterocycles. The topological polar surface area (TPSA) is 3.24 Å². The third kappa shape index (κ3) is 3.32. The van der Waals surface area contributed by atoms with Crippen LogP contribution in [0.15, 0.2) is 24.3 Å². The van der Waals surface area contributed by atoms with Crippen LogP contribution in [0.1, 0.15) is 42.3 Å². The van der Waals surface area contributed by atoms with Gasteiger partial charge in [-0.3, -0.25) is 4.90 Å². The summed E-state index contributed by atoms with van der Waals surface area (Å²) in [6, 6.07) is 8.89. The molecular weight excluding hydrogens is 250 g/mol. The Morgan fingerprint density at radius 1 is 1.13 bits per heavy atom. The minimum absolute atomic E-state index is 0.309. The highest BCUT2D eigenvalue weighted by molar-refractivity contribution is 9.09. The summed E-state index contributed by atoms with van der Waals surface area (Å²) in [4.78, 5) is 2.46.